The third-order valence-electron chi connectivity index (χ3n) is 5.94. The van der Waals surface area contributed by atoms with Gasteiger partial charge in [0.25, 0.3) is 0 Å². The Morgan fingerprint density at radius 2 is 1.91 bits per heavy atom. The van der Waals surface area contributed by atoms with E-state index in [4.69, 9.17) is 14.5 Å². The van der Waals surface area contributed by atoms with E-state index < -0.39 is 0 Å². The third-order valence-corrected chi connectivity index (χ3v) is 5.94. The van der Waals surface area contributed by atoms with E-state index in [-0.39, 0.29) is 6.04 Å². The molecule has 0 N–H and O–H groups in total. The van der Waals surface area contributed by atoms with Crippen molar-refractivity contribution in [2.45, 2.75) is 31.8 Å². The van der Waals surface area contributed by atoms with Gasteiger partial charge in [-0.2, -0.15) is 0 Å². The number of hydrogen-bond acceptors (Lipinski definition) is 8. The maximum absolute atomic E-state index is 5.46. The van der Waals surface area contributed by atoms with Crippen molar-refractivity contribution in [2.24, 2.45) is 0 Å². The lowest BCUT2D eigenvalue weighted by atomic mass is 9.99. The fraction of sp³-hybridized carbons (Fsp3) is 0.440. The SMILES string of the molecule is COCCc1ncc(CN2CCC[C@@H]2c2nc(N(C)C)ncc2-c2cccc(OC)c2)cn1. The summed E-state index contributed by atoms with van der Waals surface area (Å²) in [6.45, 7) is 2.42. The normalized spacial score (nSPS) is 16.2. The summed E-state index contributed by atoms with van der Waals surface area (Å²) in [5.41, 5.74) is 4.26. The van der Waals surface area contributed by atoms with Crippen LogP contribution in [0.5, 0.6) is 5.75 Å². The summed E-state index contributed by atoms with van der Waals surface area (Å²) in [4.78, 5) is 23.1. The Kier molecular flexibility index (Phi) is 7.47. The Labute approximate surface area is 195 Å². The molecular formula is C25H32N6O2. The molecule has 0 bridgehead atoms. The summed E-state index contributed by atoms with van der Waals surface area (Å²) in [5, 5.41) is 0. The first-order valence-corrected chi connectivity index (χ1v) is 11.3. The van der Waals surface area contributed by atoms with E-state index in [1.165, 1.54) is 0 Å². The van der Waals surface area contributed by atoms with Crippen LogP contribution in [0.4, 0.5) is 5.95 Å². The molecular weight excluding hydrogens is 416 g/mol. The molecule has 4 rings (SSSR count). The van der Waals surface area contributed by atoms with E-state index in [0.29, 0.717) is 12.6 Å². The van der Waals surface area contributed by atoms with Gasteiger partial charge in [0.2, 0.25) is 5.95 Å². The average Bonchev–Trinajstić information content (AvgIpc) is 3.31. The van der Waals surface area contributed by atoms with Crippen molar-refractivity contribution < 1.29 is 9.47 Å². The zero-order chi connectivity index (χ0) is 23.2. The summed E-state index contributed by atoms with van der Waals surface area (Å²) in [5.74, 6) is 2.35. The molecule has 0 saturated carbocycles. The number of anilines is 1. The van der Waals surface area contributed by atoms with Crippen LogP contribution < -0.4 is 9.64 Å². The van der Waals surface area contributed by atoms with Crippen molar-refractivity contribution >= 4 is 5.95 Å². The molecule has 8 heteroatoms. The standard InChI is InChI=1S/C25H32N6O2/c1-30(2)25-28-16-21(19-7-5-8-20(13-19)33-4)24(29-25)22-9-6-11-31(22)17-18-14-26-23(27-15-18)10-12-32-3/h5,7-8,13-16,22H,6,9-12,17H2,1-4H3/t22-/m1/s1. The summed E-state index contributed by atoms with van der Waals surface area (Å²) < 4.78 is 10.6. The molecule has 1 aliphatic heterocycles. The largest absolute Gasteiger partial charge is 0.497 e. The summed E-state index contributed by atoms with van der Waals surface area (Å²) in [6, 6.07) is 8.29. The molecule has 1 atom stereocenters. The summed E-state index contributed by atoms with van der Waals surface area (Å²) in [7, 11) is 7.32. The van der Waals surface area contributed by atoms with E-state index in [9.17, 15) is 0 Å². The zero-order valence-corrected chi connectivity index (χ0v) is 19.9. The number of aromatic nitrogens is 4. The molecule has 1 fully saturated rings. The van der Waals surface area contributed by atoms with E-state index in [0.717, 1.165) is 66.3 Å². The Morgan fingerprint density at radius 3 is 2.64 bits per heavy atom. The predicted octanol–water partition coefficient (Wildman–Crippen LogP) is 3.53. The van der Waals surface area contributed by atoms with Gasteiger partial charge >= 0.3 is 0 Å². The van der Waals surface area contributed by atoms with E-state index in [2.05, 4.69) is 25.9 Å². The van der Waals surface area contributed by atoms with Crippen LogP contribution in [0.15, 0.2) is 42.9 Å². The minimum atomic E-state index is 0.195. The molecule has 8 nitrogen and oxygen atoms in total. The van der Waals surface area contributed by atoms with Gasteiger partial charge in [-0.25, -0.2) is 19.9 Å². The maximum atomic E-state index is 5.46. The zero-order valence-electron chi connectivity index (χ0n) is 19.9. The number of likely N-dealkylation sites (tertiary alicyclic amines) is 1. The van der Waals surface area contributed by atoms with Crippen LogP contribution in [0.1, 0.15) is 36.0 Å². The van der Waals surface area contributed by atoms with Gasteiger partial charge in [-0.1, -0.05) is 12.1 Å². The average molecular weight is 449 g/mol. The molecule has 0 unspecified atom stereocenters. The van der Waals surface area contributed by atoms with Crippen LogP contribution in [-0.4, -0.2) is 66.3 Å². The van der Waals surface area contributed by atoms with Crippen LogP contribution in [0.3, 0.4) is 0 Å². The van der Waals surface area contributed by atoms with Crippen LogP contribution in [-0.2, 0) is 17.7 Å². The third kappa shape index (κ3) is 5.46. The highest BCUT2D eigenvalue weighted by atomic mass is 16.5. The fourth-order valence-corrected chi connectivity index (χ4v) is 4.21. The molecule has 0 amide bonds. The van der Waals surface area contributed by atoms with Crippen molar-refractivity contribution in [3.05, 3.63) is 59.9 Å². The van der Waals surface area contributed by atoms with Crippen molar-refractivity contribution in [1.29, 1.82) is 0 Å². The second-order valence-electron chi connectivity index (χ2n) is 8.47. The van der Waals surface area contributed by atoms with Crippen molar-refractivity contribution in [3.63, 3.8) is 0 Å². The number of hydrogen-bond donors (Lipinski definition) is 0. The van der Waals surface area contributed by atoms with Gasteiger partial charge < -0.3 is 14.4 Å². The summed E-state index contributed by atoms with van der Waals surface area (Å²) >= 11 is 0. The maximum Gasteiger partial charge on any atom is 0.225 e. The summed E-state index contributed by atoms with van der Waals surface area (Å²) in [6.07, 6.45) is 8.70. The second-order valence-corrected chi connectivity index (χ2v) is 8.47. The molecule has 174 valence electrons. The van der Waals surface area contributed by atoms with Gasteiger partial charge in [0.1, 0.15) is 11.6 Å². The minimum Gasteiger partial charge on any atom is -0.497 e. The lowest BCUT2D eigenvalue weighted by molar-refractivity contribution is 0.200. The van der Waals surface area contributed by atoms with Crippen molar-refractivity contribution in [1.82, 2.24) is 24.8 Å². The quantitative estimate of drug-likeness (QED) is 0.492. The van der Waals surface area contributed by atoms with Gasteiger partial charge in [0.15, 0.2) is 0 Å². The molecule has 0 radical (unpaired) electrons. The van der Waals surface area contributed by atoms with Crippen LogP contribution >= 0.6 is 0 Å². The molecule has 3 aromatic rings. The van der Waals surface area contributed by atoms with Gasteiger partial charge in [0, 0.05) is 63.9 Å². The Bertz CT molecular complexity index is 1060. The fourth-order valence-electron chi connectivity index (χ4n) is 4.21. The highest BCUT2D eigenvalue weighted by Gasteiger charge is 2.30. The second kappa shape index (κ2) is 10.7. The van der Waals surface area contributed by atoms with E-state index >= 15 is 0 Å². The van der Waals surface area contributed by atoms with E-state index in [1.54, 1.807) is 14.2 Å². The Balaban J connectivity index is 1.63. The monoisotopic (exact) mass is 448 g/mol. The highest BCUT2D eigenvalue weighted by Crippen LogP contribution is 2.38. The first kappa shape index (κ1) is 23.1. The van der Waals surface area contributed by atoms with Gasteiger partial charge in [-0.15, -0.1) is 0 Å². The molecule has 0 spiro atoms. The molecule has 1 saturated heterocycles. The van der Waals surface area contributed by atoms with Crippen molar-refractivity contribution in [2.75, 3.05) is 46.4 Å². The highest BCUT2D eigenvalue weighted by molar-refractivity contribution is 5.68. The number of ether oxygens (including phenoxy) is 2. The molecule has 2 aromatic heterocycles. The first-order valence-electron chi connectivity index (χ1n) is 11.3. The molecule has 1 aliphatic rings. The van der Waals surface area contributed by atoms with E-state index in [1.807, 2.05) is 55.8 Å². The van der Waals surface area contributed by atoms with Crippen LogP contribution in [0.25, 0.3) is 11.1 Å². The number of benzene rings is 1. The molecule has 0 aliphatic carbocycles. The number of rotatable bonds is 9. The number of methoxy groups -OCH3 is 2. The van der Waals surface area contributed by atoms with Crippen LogP contribution in [0.2, 0.25) is 0 Å². The topological polar surface area (TPSA) is 76.5 Å². The van der Waals surface area contributed by atoms with Gasteiger partial charge in [-0.3, -0.25) is 4.90 Å². The first-order chi connectivity index (χ1) is 16.1. The van der Waals surface area contributed by atoms with Gasteiger partial charge in [0.05, 0.1) is 25.5 Å². The predicted molar refractivity (Wildman–Crippen MR) is 128 cm³/mol. The van der Waals surface area contributed by atoms with Gasteiger partial charge in [-0.05, 0) is 37.1 Å². The molecule has 3 heterocycles. The Morgan fingerprint density at radius 1 is 1.09 bits per heavy atom. The minimum absolute atomic E-state index is 0.195. The smallest absolute Gasteiger partial charge is 0.225 e. The number of nitrogens with zero attached hydrogens (tertiary/aromatic N) is 6. The Hall–Kier alpha value is -3.10. The molecule has 33 heavy (non-hydrogen) atoms. The lowest BCUT2D eigenvalue weighted by Gasteiger charge is -2.26. The lowest BCUT2D eigenvalue weighted by Crippen LogP contribution is -2.25. The van der Waals surface area contributed by atoms with Crippen molar-refractivity contribution in [3.8, 4) is 16.9 Å². The van der Waals surface area contributed by atoms with Crippen LogP contribution in [0, 0.1) is 0 Å². The molecule has 1 aromatic carbocycles.